The third kappa shape index (κ3) is 6.13. The molecule has 1 aromatic heterocycles. The van der Waals surface area contributed by atoms with Crippen molar-refractivity contribution in [1.82, 2.24) is 14.7 Å². The number of benzene rings is 1. The van der Waals surface area contributed by atoms with Gasteiger partial charge in [0.1, 0.15) is 23.3 Å². The molecule has 0 spiro atoms. The number of aryl methyl sites for hydroxylation is 1. The first-order valence-corrected chi connectivity index (χ1v) is 11.1. The predicted octanol–water partition coefficient (Wildman–Crippen LogP) is 2.45. The van der Waals surface area contributed by atoms with E-state index >= 15 is 0 Å². The van der Waals surface area contributed by atoms with Crippen LogP contribution in [0.15, 0.2) is 30.3 Å². The highest BCUT2D eigenvalue weighted by atomic mass is 32.2. The highest BCUT2D eigenvalue weighted by molar-refractivity contribution is 7.88. The SMILES string of the molecule is Cc1nc(NCCNS(=O)(=O)Cc2ccc(F)cc2)cc(N2CCCCC2)n1. The van der Waals surface area contributed by atoms with E-state index in [9.17, 15) is 12.8 Å². The van der Waals surface area contributed by atoms with Crippen LogP contribution in [0.4, 0.5) is 16.0 Å². The zero-order valence-corrected chi connectivity index (χ0v) is 16.8. The number of piperidine rings is 1. The first-order chi connectivity index (χ1) is 13.4. The Morgan fingerprint density at radius 3 is 2.50 bits per heavy atom. The van der Waals surface area contributed by atoms with E-state index in [1.165, 1.54) is 43.5 Å². The minimum atomic E-state index is -3.49. The average molecular weight is 408 g/mol. The third-order valence-electron chi connectivity index (χ3n) is 4.53. The molecule has 9 heteroatoms. The molecule has 28 heavy (non-hydrogen) atoms. The molecule has 152 valence electrons. The number of hydrogen-bond acceptors (Lipinski definition) is 6. The number of rotatable bonds is 8. The normalized spacial score (nSPS) is 14.9. The standard InChI is InChI=1S/C19H26FN5O2S/c1-15-23-18(13-19(24-15)25-11-3-2-4-12-25)21-9-10-22-28(26,27)14-16-5-7-17(20)8-6-16/h5-8,13,22H,2-4,9-12,14H2,1H3,(H,21,23,24). The van der Waals surface area contributed by atoms with E-state index in [1.54, 1.807) is 0 Å². The second kappa shape index (κ2) is 9.29. The molecule has 3 rings (SSSR count). The van der Waals surface area contributed by atoms with E-state index in [-0.39, 0.29) is 18.1 Å². The molecule has 1 aliphatic heterocycles. The molecule has 2 heterocycles. The number of anilines is 2. The topological polar surface area (TPSA) is 87.2 Å². The van der Waals surface area contributed by atoms with Crippen LogP contribution in [0.25, 0.3) is 0 Å². The van der Waals surface area contributed by atoms with Gasteiger partial charge in [-0.2, -0.15) is 0 Å². The molecular formula is C19H26FN5O2S. The van der Waals surface area contributed by atoms with E-state index < -0.39 is 10.0 Å². The van der Waals surface area contributed by atoms with Gasteiger partial charge >= 0.3 is 0 Å². The molecule has 0 radical (unpaired) electrons. The Morgan fingerprint density at radius 1 is 1.07 bits per heavy atom. The molecule has 2 N–H and O–H groups in total. The summed E-state index contributed by atoms with van der Waals surface area (Å²) in [5.41, 5.74) is 0.541. The van der Waals surface area contributed by atoms with Crippen LogP contribution >= 0.6 is 0 Å². The summed E-state index contributed by atoms with van der Waals surface area (Å²) in [7, 11) is -3.49. The highest BCUT2D eigenvalue weighted by Crippen LogP contribution is 2.20. The first-order valence-electron chi connectivity index (χ1n) is 9.47. The smallest absolute Gasteiger partial charge is 0.215 e. The molecule has 0 atom stereocenters. The summed E-state index contributed by atoms with van der Waals surface area (Å²) < 4.78 is 39.8. The summed E-state index contributed by atoms with van der Waals surface area (Å²) in [6, 6.07) is 7.36. The molecule has 1 aliphatic rings. The van der Waals surface area contributed by atoms with Gasteiger partial charge < -0.3 is 10.2 Å². The van der Waals surface area contributed by atoms with Gasteiger partial charge in [0, 0.05) is 32.2 Å². The maximum atomic E-state index is 12.9. The Labute approximate surface area is 165 Å². The van der Waals surface area contributed by atoms with E-state index in [0.29, 0.717) is 23.8 Å². The molecule has 1 saturated heterocycles. The second-order valence-electron chi connectivity index (χ2n) is 6.91. The third-order valence-corrected chi connectivity index (χ3v) is 5.88. The number of nitrogens with zero attached hydrogens (tertiary/aromatic N) is 3. The zero-order chi connectivity index (χ0) is 20.0. The van der Waals surface area contributed by atoms with Crippen molar-refractivity contribution >= 4 is 21.7 Å². The summed E-state index contributed by atoms with van der Waals surface area (Å²) in [6.07, 6.45) is 3.59. The van der Waals surface area contributed by atoms with Crippen molar-refractivity contribution in [2.24, 2.45) is 0 Å². The fraction of sp³-hybridized carbons (Fsp3) is 0.474. The highest BCUT2D eigenvalue weighted by Gasteiger charge is 2.14. The Bertz CT molecular complexity index is 884. The van der Waals surface area contributed by atoms with Crippen LogP contribution in [0.2, 0.25) is 0 Å². The lowest BCUT2D eigenvalue weighted by atomic mass is 10.1. The Kier molecular flexibility index (Phi) is 6.79. The number of aromatic nitrogens is 2. The van der Waals surface area contributed by atoms with Crippen LogP contribution in [0.3, 0.4) is 0 Å². The molecule has 0 unspecified atom stereocenters. The molecule has 0 saturated carbocycles. The molecule has 1 aromatic carbocycles. The molecule has 7 nitrogen and oxygen atoms in total. The number of hydrogen-bond donors (Lipinski definition) is 2. The lowest BCUT2D eigenvalue weighted by molar-refractivity contribution is 0.572. The van der Waals surface area contributed by atoms with Crippen LogP contribution in [-0.4, -0.2) is 44.6 Å². The Hall–Kier alpha value is -2.26. The van der Waals surface area contributed by atoms with E-state index in [1.807, 2.05) is 13.0 Å². The summed E-state index contributed by atoms with van der Waals surface area (Å²) >= 11 is 0. The molecule has 2 aromatic rings. The van der Waals surface area contributed by atoms with Gasteiger partial charge in [-0.25, -0.2) is 27.5 Å². The molecule has 1 fully saturated rings. The zero-order valence-electron chi connectivity index (χ0n) is 16.0. The predicted molar refractivity (Wildman–Crippen MR) is 108 cm³/mol. The van der Waals surface area contributed by atoms with Gasteiger partial charge in [0.15, 0.2) is 0 Å². The maximum Gasteiger partial charge on any atom is 0.215 e. The van der Waals surface area contributed by atoms with Crippen molar-refractivity contribution in [3.63, 3.8) is 0 Å². The van der Waals surface area contributed by atoms with Crippen LogP contribution in [0, 0.1) is 12.7 Å². The minimum absolute atomic E-state index is 0.182. The minimum Gasteiger partial charge on any atom is -0.369 e. The van der Waals surface area contributed by atoms with Crippen molar-refractivity contribution in [2.45, 2.75) is 31.9 Å². The Morgan fingerprint density at radius 2 is 1.79 bits per heavy atom. The van der Waals surface area contributed by atoms with Crippen LogP contribution in [0.1, 0.15) is 30.7 Å². The fourth-order valence-electron chi connectivity index (χ4n) is 3.18. The first kappa shape index (κ1) is 20.5. The van der Waals surface area contributed by atoms with Crippen molar-refractivity contribution in [1.29, 1.82) is 0 Å². The maximum absolute atomic E-state index is 12.9. The van der Waals surface area contributed by atoms with Crippen molar-refractivity contribution in [2.75, 3.05) is 36.4 Å². The number of halogens is 1. The number of sulfonamides is 1. The van der Waals surface area contributed by atoms with Crippen LogP contribution in [0.5, 0.6) is 0 Å². The van der Waals surface area contributed by atoms with Gasteiger partial charge in [-0.3, -0.25) is 0 Å². The Balaban J connectivity index is 1.50. The molecular weight excluding hydrogens is 381 g/mol. The summed E-state index contributed by atoms with van der Waals surface area (Å²) in [5, 5.41) is 3.15. The second-order valence-corrected chi connectivity index (χ2v) is 8.72. The summed E-state index contributed by atoms with van der Waals surface area (Å²) in [4.78, 5) is 11.2. The van der Waals surface area contributed by atoms with Gasteiger partial charge in [-0.15, -0.1) is 0 Å². The van der Waals surface area contributed by atoms with Gasteiger partial charge in [0.05, 0.1) is 5.75 Å². The van der Waals surface area contributed by atoms with Crippen LogP contribution < -0.4 is 14.9 Å². The van der Waals surface area contributed by atoms with Gasteiger partial charge in [-0.1, -0.05) is 12.1 Å². The van der Waals surface area contributed by atoms with E-state index in [0.717, 1.165) is 18.9 Å². The van der Waals surface area contributed by atoms with Crippen molar-refractivity contribution in [3.05, 3.63) is 47.5 Å². The lowest BCUT2D eigenvalue weighted by Gasteiger charge is -2.28. The number of nitrogens with one attached hydrogen (secondary N) is 2. The quantitative estimate of drug-likeness (QED) is 0.654. The van der Waals surface area contributed by atoms with Gasteiger partial charge in [0.2, 0.25) is 10.0 Å². The van der Waals surface area contributed by atoms with E-state index in [2.05, 4.69) is 24.9 Å². The average Bonchev–Trinajstić information content (AvgIpc) is 2.67. The fourth-order valence-corrected chi connectivity index (χ4v) is 4.32. The molecule has 0 amide bonds. The van der Waals surface area contributed by atoms with Gasteiger partial charge in [0.25, 0.3) is 0 Å². The molecule has 0 aliphatic carbocycles. The molecule has 0 bridgehead atoms. The van der Waals surface area contributed by atoms with E-state index in [4.69, 9.17) is 0 Å². The summed E-state index contributed by atoms with van der Waals surface area (Å²) in [5.74, 6) is 1.71. The lowest BCUT2D eigenvalue weighted by Crippen LogP contribution is -2.31. The summed E-state index contributed by atoms with van der Waals surface area (Å²) in [6.45, 7) is 4.48. The monoisotopic (exact) mass is 407 g/mol. The largest absolute Gasteiger partial charge is 0.369 e. The van der Waals surface area contributed by atoms with Crippen molar-refractivity contribution < 1.29 is 12.8 Å². The van der Waals surface area contributed by atoms with Crippen molar-refractivity contribution in [3.8, 4) is 0 Å². The van der Waals surface area contributed by atoms with Gasteiger partial charge in [-0.05, 0) is 43.9 Å². The van der Waals surface area contributed by atoms with Crippen LogP contribution in [-0.2, 0) is 15.8 Å².